The molecule has 0 aliphatic heterocycles. The summed E-state index contributed by atoms with van der Waals surface area (Å²) in [7, 11) is 5.59. The van der Waals surface area contributed by atoms with E-state index in [4.69, 9.17) is 7.85 Å². The third-order valence-electron chi connectivity index (χ3n) is 2.58. The van der Waals surface area contributed by atoms with Crippen molar-refractivity contribution in [2.24, 2.45) is 0 Å². The summed E-state index contributed by atoms with van der Waals surface area (Å²) in [5.74, 6) is 0.716. The van der Waals surface area contributed by atoms with Crippen LogP contribution in [-0.2, 0) is 6.42 Å². The molecule has 2 aromatic heterocycles. The molecule has 2 radical (unpaired) electrons. The van der Waals surface area contributed by atoms with Crippen LogP contribution >= 0.6 is 0 Å². The standard InChI is InChI=1S/C13H9BN4/c14-11-8-15-10-7-16-12(18-13(10)17-11)6-9-4-2-1-3-5-9/h1-5,7-8H,6H2. The van der Waals surface area contributed by atoms with E-state index in [1.165, 1.54) is 6.20 Å². The molecule has 0 bridgehead atoms. The summed E-state index contributed by atoms with van der Waals surface area (Å²) in [6.45, 7) is 0. The SMILES string of the molecule is [B]c1cnc2cnc(Cc3ccccc3)nc2n1. The van der Waals surface area contributed by atoms with Gasteiger partial charge in [-0.3, -0.25) is 4.98 Å². The molecule has 3 rings (SSSR count). The lowest BCUT2D eigenvalue weighted by Gasteiger charge is -2.02. The van der Waals surface area contributed by atoms with Crippen LogP contribution in [0.2, 0.25) is 0 Å². The highest BCUT2D eigenvalue weighted by molar-refractivity contribution is 6.30. The molecule has 3 aromatic rings. The molecule has 0 unspecified atom stereocenters. The Labute approximate surface area is 106 Å². The zero-order valence-corrected chi connectivity index (χ0v) is 9.61. The van der Waals surface area contributed by atoms with Gasteiger partial charge in [-0.1, -0.05) is 30.3 Å². The van der Waals surface area contributed by atoms with Crippen molar-refractivity contribution in [3.8, 4) is 0 Å². The molecule has 0 N–H and O–H groups in total. The Kier molecular flexibility index (Phi) is 2.72. The van der Waals surface area contributed by atoms with E-state index < -0.39 is 0 Å². The third kappa shape index (κ3) is 2.20. The van der Waals surface area contributed by atoms with Gasteiger partial charge in [0.05, 0.1) is 6.20 Å². The van der Waals surface area contributed by atoms with Crippen LogP contribution in [0, 0.1) is 0 Å². The summed E-state index contributed by atoms with van der Waals surface area (Å²) in [6, 6.07) is 10.1. The van der Waals surface area contributed by atoms with Gasteiger partial charge in [-0.05, 0) is 5.56 Å². The van der Waals surface area contributed by atoms with Gasteiger partial charge in [-0.2, -0.15) is 0 Å². The van der Waals surface area contributed by atoms with E-state index >= 15 is 0 Å². The molecule has 0 saturated heterocycles. The maximum absolute atomic E-state index is 5.59. The molecule has 0 aliphatic rings. The van der Waals surface area contributed by atoms with Crippen LogP contribution < -0.4 is 5.59 Å². The fourth-order valence-electron chi connectivity index (χ4n) is 1.73. The van der Waals surface area contributed by atoms with E-state index in [0.717, 1.165) is 5.56 Å². The molecule has 4 nitrogen and oxygen atoms in total. The molecular weight excluding hydrogens is 223 g/mol. The zero-order chi connectivity index (χ0) is 12.4. The Morgan fingerprint density at radius 2 is 1.78 bits per heavy atom. The van der Waals surface area contributed by atoms with Crippen molar-refractivity contribution in [2.75, 3.05) is 0 Å². The monoisotopic (exact) mass is 232 g/mol. The number of aromatic nitrogens is 4. The molecule has 5 heteroatoms. The summed E-state index contributed by atoms with van der Waals surface area (Å²) >= 11 is 0. The third-order valence-corrected chi connectivity index (χ3v) is 2.58. The second-order valence-electron chi connectivity index (χ2n) is 3.95. The average molecular weight is 232 g/mol. The number of hydrogen-bond donors (Lipinski definition) is 0. The first-order chi connectivity index (χ1) is 8.81. The topological polar surface area (TPSA) is 51.6 Å². The molecule has 0 saturated carbocycles. The average Bonchev–Trinajstić information content (AvgIpc) is 2.39. The van der Waals surface area contributed by atoms with Crippen molar-refractivity contribution in [3.05, 3.63) is 54.1 Å². The minimum Gasteiger partial charge on any atom is -0.250 e. The number of benzene rings is 1. The number of fused-ring (bicyclic) bond motifs is 1. The number of nitrogens with zero attached hydrogens (tertiary/aromatic N) is 4. The Balaban J connectivity index is 1.98. The van der Waals surface area contributed by atoms with Gasteiger partial charge >= 0.3 is 0 Å². The molecule has 18 heavy (non-hydrogen) atoms. The maximum atomic E-state index is 5.59. The van der Waals surface area contributed by atoms with Gasteiger partial charge < -0.3 is 0 Å². The molecule has 2 heterocycles. The van der Waals surface area contributed by atoms with Gasteiger partial charge in [0.2, 0.25) is 0 Å². The summed E-state index contributed by atoms with van der Waals surface area (Å²) < 4.78 is 0. The second-order valence-corrected chi connectivity index (χ2v) is 3.95. The summed E-state index contributed by atoms with van der Waals surface area (Å²) in [5, 5.41) is 0. The van der Waals surface area contributed by atoms with Crippen LogP contribution in [0.5, 0.6) is 0 Å². The van der Waals surface area contributed by atoms with Gasteiger partial charge in [-0.25, -0.2) is 15.0 Å². The molecule has 0 aliphatic carbocycles. The highest BCUT2D eigenvalue weighted by Gasteiger charge is 2.03. The summed E-state index contributed by atoms with van der Waals surface area (Å²) in [4.78, 5) is 16.9. The van der Waals surface area contributed by atoms with Crippen LogP contribution in [-0.4, -0.2) is 27.8 Å². The quantitative estimate of drug-likeness (QED) is 0.613. The lowest BCUT2D eigenvalue weighted by Crippen LogP contribution is -2.10. The first-order valence-electron chi connectivity index (χ1n) is 5.59. The number of rotatable bonds is 2. The van der Waals surface area contributed by atoms with Gasteiger partial charge in [0.15, 0.2) is 5.65 Å². The predicted molar refractivity (Wildman–Crippen MR) is 69.8 cm³/mol. The Hall–Kier alpha value is -2.30. The van der Waals surface area contributed by atoms with Crippen molar-refractivity contribution in [2.45, 2.75) is 6.42 Å². The molecule has 1 aromatic carbocycles. The molecule has 0 amide bonds. The van der Waals surface area contributed by atoms with Gasteiger partial charge in [-0.15, -0.1) is 0 Å². The highest BCUT2D eigenvalue weighted by Crippen LogP contribution is 2.07. The second kappa shape index (κ2) is 4.53. The van der Waals surface area contributed by atoms with Crippen molar-refractivity contribution >= 4 is 24.6 Å². The van der Waals surface area contributed by atoms with Crippen LogP contribution in [0.15, 0.2) is 42.7 Å². The zero-order valence-electron chi connectivity index (χ0n) is 9.61. The van der Waals surface area contributed by atoms with E-state index in [2.05, 4.69) is 19.9 Å². The molecule has 0 atom stereocenters. The first-order valence-corrected chi connectivity index (χ1v) is 5.59. The fraction of sp³-hybridized carbons (Fsp3) is 0.0769. The molecule has 84 valence electrons. The van der Waals surface area contributed by atoms with Crippen molar-refractivity contribution in [1.82, 2.24) is 19.9 Å². The van der Waals surface area contributed by atoms with Crippen LogP contribution in [0.25, 0.3) is 11.2 Å². The van der Waals surface area contributed by atoms with Gasteiger partial charge in [0.1, 0.15) is 19.2 Å². The van der Waals surface area contributed by atoms with Crippen molar-refractivity contribution in [3.63, 3.8) is 0 Å². The van der Waals surface area contributed by atoms with Crippen molar-refractivity contribution in [1.29, 1.82) is 0 Å². The Morgan fingerprint density at radius 3 is 2.61 bits per heavy atom. The molecular formula is C13H9BN4. The molecule has 0 fully saturated rings. The van der Waals surface area contributed by atoms with Crippen LogP contribution in [0.1, 0.15) is 11.4 Å². The normalized spacial score (nSPS) is 10.7. The van der Waals surface area contributed by atoms with Crippen LogP contribution in [0.3, 0.4) is 0 Å². The highest BCUT2D eigenvalue weighted by atomic mass is 15.0. The first kappa shape index (κ1) is 10.8. The van der Waals surface area contributed by atoms with E-state index in [1.807, 2.05) is 30.3 Å². The fourth-order valence-corrected chi connectivity index (χ4v) is 1.73. The van der Waals surface area contributed by atoms with Gasteiger partial charge in [0, 0.05) is 18.2 Å². The maximum Gasteiger partial charge on any atom is 0.180 e. The summed E-state index contributed by atoms with van der Waals surface area (Å²) in [6.07, 6.45) is 3.85. The largest absolute Gasteiger partial charge is 0.250 e. The smallest absolute Gasteiger partial charge is 0.180 e. The van der Waals surface area contributed by atoms with Crippen LogP contribution in [0.4, 0.5) is 0 Å². The Morgan fingerprint density at radius 1 is 0.944 bits per heavy atom. The van der Waals surface area contributed by atoms with E-state index in [9.17, 15) is 0 Å². The Bertz CT molecular complexity index is 685. The lowest BCUT2D eigenvalue weighted by atomic mass is 10.1. The minimum absolute atomic E-state index is 0.367. The molecule has 0 spiro atoms. The predicted octanol–water partition coefficient (Wildman–Crippen LogP) is 0.804. The van der Waals surface area contributed by atoms with E-state index in [0.29, 0.717) is 29.0 Å². The minimum atomic E-state index is 0.367. The van der Waals surface area contributed by atoms with Crippen molar-refractivity contribution < 1.29 is 0 Å². The lowest BCUT2D eigenvalue weighted by molar-refractivity contribution is 0.979. The number of hydrogen-bond acceptors (Lipinski definition) is 4. The summed E-state index contributed by atoms with van der Waals surface area (Å²) in [5.41, 5.74) is 2.72. The van der Waals surface area contributed by atoms with E-state index in [1.54, 1.807) is 6.20 Å². The van der Waals surface area contributed by atoms with Gasteiger partial charge in [0.25, 0.3) is 0 Å². The van der Waals surface area contributed by atoms with E-state index in [-0.39, 0.29) is 0 Å².